The molecule has 3 heteroatoms. The van der Waals surface area contributed by atoms with Crippen molar-refractivity contribution in [1.29, 1.82) is 0 Å². The number of hydrogen-bond donors (Lipinski definition) is 0. The average molecular weight is 701 g/mol. The van der Waals surface area contributed by atoms with Crippen molar-refractivity contribution in [2.24, 2.45) is 46.3 Å². The lowest BCUT2D eigenvalue weighted by Gasteiger charge is -2.63. The van der Waals surface area contributed by atoms with Gasteiger partial charge in [-0.1, -0.05) is 124 Å². The maximum atomic E-state index is 7.22. The zero-order valence-corrected chi connectivity index (χ0v) is 32.3. The smallest absolute Gasteiger partial charge is 0.143 e. The Morgan fingerprint density at radius 1 is 0.731 bits per heavy atom. The van der Waals surface area contributed by atoms with Crippen molar-refractivity contribution in [2.75, 3.05) is 19.8 Å². The van der Waals surface area contributed by atoms with Crippen LogP contribution >= 0.6 is 0 Å². The second-order valence-corrected chi connectivity index (χ2v) is 17.3. The molecule has 0 amide bonds. The summed E-state index contributed by atoms with van der Waals surface area (Å²) in [6.07, 6.45) is 17.1. The van der Waals surface area contributed by atoms with Crippen molar-refractivity contribution < 1.29 is 14.2 Å². The molecule has 3 aromatic carbocycles. The number of benzene rings is 3. The Balaban J connectivity index is 1.08. The normalized spacial score (nSPS) is 33.3. The van der Waals surface area contributed by atoms with Gasteiger partial charge < -0.3 is 14.2 Å². The van der Waals surface area contributed by atoms with Crippen molar-refractivity contribution in [3.05, 3.63) is 133 Å². The van der Waals surface area contributed by atoms with E-state index in [9.17, 15) is 0 Å². The fraction of sp³-hybridized carbons (Fsp3) is 0.551. The Bertz CT molecular complexity index is 1490. The van der Waals surface area contributed by atoms with Gasteiger partial charge in [0.25, 0.3) is 0 Å². The molecule has 0 aliphatic heterocycles. The van der Waals surface area contributed by atoms with Crippen molar-refractivity contribution >= 4 is 0 Å². The second-order valence-electron chi connectivity index (χ2n) is 17.3. The van der Waals surface area contributed by atoms with Gasteiger partial charge in [-0.05, 0) is 127 Å². The van der Waals surface area contributed by atoms with Gasteiger partial charge in [0.15, 0.2) is 0 Å². The SMILES string of the molecule is C=CCO[C@@H]1CC[C@@]2(C)C(CC[C@H]3[C@@H]4CC[C@H]([C@H](C)CCCOC(c5ccccc5)(c5ccccc5)c5ccccc5)[C@@]4(C)[C@@H](OCC=C)C[C@@H]32)C1. The molecule has 0 spiro atoms. The Morgan fingerprint density at radius 3 is 1.92 bits per heavy atom. The largest absolute Gasteiger partial charge is 0.374 e. The van der Waals surface area contributed by atoms with Crippen LogP contribution in [0.25, 0.3) is 0 Å². The predicted molar refractivity (Wildman–Crippen MR) is 214 cm³/mol. The molecule has 0 bridgehead atoms. The van der Waals surface area contributed by atoms with Crippen LogP contribution in [-0.4, -0.2) is 32.0 Å². The van der Waals surface area contributed by atoms with Gasteiger partial charge in [0.05, 0.1) is 25.4 Å². The lowest BCUT2D eigenvalue weighted by atomic mass is 9.43. The van der Waals surface area contributed by atoms with Crippen LogP contribution in [0.2, 0.25) is 0 Å². The molecule has 4 aliphatic rings. The highest BCUT2D eigenvalue weighted by Crippen LogP contribution is 2.69. The Hall–Kier alpha value is -2.98. The molecule has 0 N–H and O–H groups in total. The maximum absolute atomic E-state index is 7.22. The maximum Gasteiger partial charge on any atom is 0.143 e. The molecule has 7 rings (SSSR count). The predicted octanol–water partition coefficient (Wildman–Crippen LogP) is 11.8. The highest BCUT2D eigenvalue weighted by Gasteiger charge is 2.64. The summed E-state index contributed by atoms with van der Waals surface area (Å²) in [5.41, 5.74) is 3.44. The van der Waals surface area contributed by atoms with Gasteiger partial charge >= 0.3 is 0 Å². The van der Waals surface area contributed by atoms with E-state index in [2.05, 4.69) is 125 Å². The third kappa shape index (κ3) is 6.80. The van der Waals surface area contributed by atoms with Crippen LogP contribution in [0, 0.1) is 46.3 Å². The van der Waals surface area contributed by atoms with E-state index in [1.165, 1.54) is 68.1 Å². The number of fused-ring (bicyclic) bond motifs is 5. The van der Waals surface area contributed by atoms with Crippen molar-refractivity contribution in [3.8, 4) is 0 Å². The molecule has 1 unspecified atom stereocenters. The summed E-state index contributed by atoms with van der Waals surface area (Å²) < 4.78 is 20.4. The van der Waals surface area contributed by atoms with Crippen molar-refractivity contribution in [3.63, 3.8) is 0 Å². The first kappa shape index (κ1) is 37.3. The van der Waals surface area contributed by atoms with Crippen LogP contribution < -0.4 is 0 Å². The van der Waals surface area contributed by atoms with E-state index in [1.807, 2.05) is 12.2 Å². The van der Waals surface area contributed by atoms with Gasteiger partial charge in [0, 0.05) is 6.61 Å². The zero-order valence-electron chi connectivity index (χ0n) is 32.3. The van der Waals surface area contributed by atoms with E-state index in [1.54, 1.807) is 0 Å². The topological polar surface area (TPSA) is 27.7 Å². The first-order valence-electron chi connectivity index (χ1n) is 20.6. The molecule has 4 saturated carbocycles. The monoisotopic (exact) mass is 700 g/mol. The number of rotatable bonds is 15. The molecule has 0 saturated heterocycles. The summed E-state index contributed by atoms with van der Waals surface area (Å²) in [4.78, 5) is 0. The van der Waals surface area contributed by atoms with Gasteiger partial charge in [-0.3, -0.25) is 0 Å². The molecular weight excluding hydrogens is 637 g/mol. The van der Waals surface area contributed by atoms with Crippen LogP contribution in [0.3, 0.4) is 0 Å². The minimum absolute atomic E-state index is 0.194. The standard InChI is InChI=1S/C49H64O3/c1-6-31-50-41-29-30-47(4)40(34-41)25-26-42-44-28-27-43(48(44,5)46(35-45(42)47)51-32-7-2)36(3)18-17-33-52-49(37-19-11-8-12-20-37,38-21-13-9-14-22-38)39-23-15-10-16-24-39/h6-16,19-24,36,40-46H,1-2,17-18,25-35H2,3-5H3/t36-,40?,41-,42+,43-,44+,45+,46+,47+,48-/m1/s1. The summed E-state index contributed by atoms with van der Waals surface area (Å²) in [5, 5.41) is 0. The molecule has 3 nitrogen and oxygen atoms in total. The van der Waals surface area contributed by atoms with Crippen LogP contribution in [0.1, 0.15) is 102 Å². The highest BCUT2D eigenvalue weighted by atomic mass is 16.5. The van der Waals surface area contributed by atoms with E-state index in [-0.39, 0.29) is 11.5 Å². The Labute approximate surface area is 315 Å². The fourth-order valence-electron chi connectivity index (χ4n) is 12.5. The fourth-order valence-corrected chi connectivity index (χ4v) is 12.5. The molecule has 0 radical (unpaired) electrons. The number of ether oxygens (including phenoxy) is 3. The van der Waals surface area contributed by atoms with E-state index in [4.69, 9.17) is 14.2 Å². The van der Waals surface area contributed by atoms with Crippen LogP contribution in [0.4, 0.5) is 0 Å². The molecule has 3 aromatic rings. The van der Waals surface area contributed by atoms with E-state index < -0.39 is 5.60 Å². The molecule has 52 heavy (non-hydrogen) atoms. The third-order valence-electron chi connectivity index (χ3n) is 15.0. The summed E-state index contributed by atoms with van der Waals surface area (Å²) in [5.74, 6) is 4.30. The summed E-state index contributed by atoms with van der Waals surface area (Å²) in [6.45, 7) is 17.8. The summed E-state index contributed by atoms with van der Waals surface area (Å²) in [6, 6.07) is 32.4. The summed E-state index contributed by atoms with van der Waals surface area (Å²) in [7, 11) is 0. The van der Waals surface area contributed by atoms with Crippen molar-refractivity contribution in [2.45, 2.75) is 103 Å². The molecule has 10 atom stereocenters. The quantitative estimate of drug-likeness (QED) is 0.0897. The first-order valence-corrected chi connectivity index (χ1v) is 20.6. The molecule has 4 fully saturated rings. The van der Waals surface area contributed by atoms with Crippen LogP contribution in [-0.2, 0) is 19.8 Å². The minimum atomic E-state index is -0.661. The van der Waals surface area contributed by atoms with Crippen molar-refractivity contribution in [1.82, 2.24) is 0 Å². The summed E-state index contributed by atoms with van der Waals surface area (Å²) >= 11 is 0. The third-order valence-corrected chi connectivity index (χ3v) is 15.0. The zero-order chi connectivity index (χ0) is 36.2. The number of hydrogen-bond acceptors (Lipinski definition) is 3. The molecular formula is C49H64O3. The highest BCUT2D eigenvalue weighted by molar-refractivity contribution is 5.47. The lowest BCUT2D eigenvalue weighted by molar-refractivity contribution is -0.189. The van der Waals surface area contributed by atoms with Gasteiger partial charge in [0.2, 0.25) is 0 Å². The minimum Gasteiger partial charge on any atom is -0.374 e. The molecule has 0 aromatic heterocycles. The Morgan fingerprint density at radius 2 is 1.33 bits per heavy atom. The van der Waals surface area contributed by atoms with E-state index in [0.29, 0.717) is 43.2 Å². The second kappa shape index (κ2) is 16.2. The molecule has 4 aliphatic carbocycles. The van der Waals surface area contributed by atoms with Gasteiger partial charge in [-0.2, -0.15) is 0 Å². The van der Waals surface area contributed by atoms with Crippen LogP contribution in [0.15, 0.2) is 116 Å². The lowest BCUT2D eigenvalue weighted by Crippen LogP contribution is -2.59. The first-order chi connectivity index (χ1) is 25.4. The van der Waals surface area contributed by atoms with Crippen LogP contribution in [0.5, 0.6) is 0 Å². The molecule has 0 heterocycles. The Kier molecular flexibility index (Phi) is 11.6. The average Bonchev–Trinajstić information content (AvgIpc) is 3.55. The molecule has 278 valence electrons. The van der Waals surface area contributed by atoms with Gasteiger partial charge in [-0.25, -0.2) is 0 Å². The van der Waals surface area contributed by atoms with E-state index in [0.717, 1.165) is 36.5 Å². The van der Waals surface area contributed by atoms with Gasteiger partial charge in [0.1, 0.15) is 5.60 Å². The van der Waals surface area contributed by atoms with Gasteiger partial charge in [-0.15, -0.1) is 13.2 Å². The van der Waals surface area contributed by atoms with E-state index >= 15 is 0 Å².